The first-order chi connectivity index (χ1) is 14.0. The summed E-state index contributed by atoms with van der Waals surface area (Å²) in [5, 5.41) is 2.84. The number of hydrogen-bond donors (Lipinski definition) is 1. The van der Waals surface area contributed by atoms with Crippen LogP contribution in [0.2, 0.25) is 0 Å². The van der Waals surface area contributed by atoms with Crippen molar-refractivity contribution < 1.29 is 9.53 Å². The van der Waals surface area contributed by atoms with Gasteiger partial charge in [0.2, 0.25) is 5.91 Å². The smallest absolute Gasteiger partial charge is 0.321 e. The molecule has 0 radical (unpaired) electrons. The first kappa shape index (κ1) is 20.1. The van der Waals surface area contributed by atoms with Gasteiger partial charge >= 0.3 is 11.1 Å². The Labute approximate surface area is 168 Å². The van der Waals surface area contributed by atoms with Gasteiger partial charge in [0.15, 0.2) is 0 Å². The van der Waals surface area contributed by atoms with Gasteiger partial charge in [0.1, 0.15) is 12.3 Å². The van der Waals surface area contributed by atoms with E-state index < -0.39 is 11.1 Å². The van der Waals surface area contributed by atoms with Crippen LogP contribution in [-0.2, 0) is 11.3 Å². The van der Waals surface area contributed by atoms with Crippen LogP contribution in [0.1, 0.15) is 25.5 Å². The van der Waals surface area contributed by atoms with Crippen LogP contribution in [0.15, 0.2) is 76.6 Å². The highest BCUT2D eigenvalue weighted by atomic mass is 16.5. The maximum Gasteiger partial charge on any atom is 0.321 e. The van der Waals surface area contributed by atoms with Crippen molar-refractivity contribution in [3.63, 3.8) is 0 Å². The van der Waals surface area contributed by atoms with Crippen LogP contribution in [0.5, 0.6) is 5.75 Å². The number of nitrogens with one attached hydrogen (secondary N) is 1. The summed E-state index contributed by atoms with van der Waals surface area (Å²) in [6.45, 7) is 3.90. The molecule has 1 N–H and O–H groups in total. The molecule has 3 aromatic rings. The number of rotatable bonds is 7. The quantitative estimate of drug-likeness (QED) is 0.625. The second-order valence-electron chi connectivity index (χ2n) is 6.51. The Hall–Kier alpha value is -3.61. The largest absolute Gasteiger partial charge is 0.492 e. The highest BCUT2D eigenvalue weighted by molar-refractivity contribution is 5.76. The molecule has 150 valence electrons. The maximum absolute atomic E-state index is 12.6. The zero-order valence-corrected chi connectivity index (χ0v) is 16.4. The van der Waals surface area contributed by atoms with Crippen LogP contribution in [0.4, 0.5) is 0 Å². The van der Waals surface area contributed by atoms with Gasteiger partial charge in [-0.05, 0) is 31.5 Å². The predicted molar refractivity (Wildman–Crippen MR) is 110 cm³/mol. The number of nitrogens with zero attached hydrogens (tertiary/aromatic N) is 2. The van der Waals surface area contributed by atoms with E-state index in [-0.39, 0.29) is 18.5 Å². The van der Waals surface area contributed by atoms with Gasteiger partial charge in [-0.3, -0.25) is 23.5 Å². The molecule has 7 nitrogen and oxygen atoms in total. The molecule has 0 saturated heterocycles. The molecule has 3 rings (SSSR count). The molecular formula is C22H23N3O4. The van der Waals surface area contributed by atoms with E-state index in [9.17, 15) is 14.4 Å². The lowest BCUT2D eigenvalue weighted by Gasteiger charge is -2.15. The fourth-order valence-corrected chi connectivity index (χ4v) is 3.02. The van der Waals surface area contributed by atoms with E-state index in [2.05, 4.69) is 5.32 Å². The molecule has 1 atom stereocenters. The Kier molecular flexibility index (Phi) is 6.29. The number of hydrogen-bond acceptors (Lipinski definition) is 4. The molecule has 0 fully saturated rings. The lowest BCUT2D eigenvalue weighted by atomic mass is 10.1. The van der Waals surface area contributed by atoms with E-state index in [0.29, 0.717) is 18.0 Å². The highest BCUT2D eigenvalue weighted by Gasteiger charge is 2.14. The lowest BCUT2D eigenvalue weighted by Crippen LogP contribution is -2.42. The van der Waals surface area contributed by atoms with E-state index >= 15 is 0 Å². The molecule has 0 spiro atoms. The van der Waals surface area contributed by atoms with Crippen molar-refractivity contribution in [2.75, 3.05) is 6.61 Å². The third-order valence-corrected chi connectivity index (χ3v) is 4.47. The van der Waals surface area contributed by atoms with E-state index in [1.54, 1.807) is 24.3 Å². The normalized spacial score (nSPS) is 11.7. The van der Waals surface area contributed by atoms with Gasteiger partial charge in [-0.2, -0.15) is 0 Å². The molecular weight excluding hydrogens is 370 g/mol. The number of aromatic nitrogens is 2. The number of para-hydroxylation sites is 2. The summed E-state index contributed by atoms with van der Waals surface area (Å²) in [7, 11) is 0. The fourth-order valence-electron chi connectivity index (χ4n) is 3.02. The second kappa shape index (κ2) is 9.05. The second-order valence-corrected chi connectivity index (χ2v) is 6.51. The van der Waals surface area contributed by atoms with Crippen molar-refractivity contribution in [1.82, 2.24) is 14.5 Å². The van der Waals surface area contributed by atoms with Crippen molar-refractivity contribution in [2.45, 2.75) is 26.4 Å². The van der Waals surface area contributed by atoms with Crippen molar-refractivity contribution in [2.24, 2.45) is 0 Å². The first-order valence-electron chi connectivity index (χ1n) is 9.40. The third-order valence-electron chi connectivity index (χ3n) is 4.47. The van der Waals surface area contributed by atoms with Gasteiger partial charge in [-0.1, -0.05) is 42.5 Å². The van der Waals surface area contributed by atoms with Gasteiger partial charge in [0.25, 0.3) is 0 Å². The summed E-state index contributed by atoms with van der Waals surface area (Å²) < 4.78 is 7.87. The molecule has 0 saturated carbocycles. The monoisotopic (exact) mass is 393 g/mol. The lowest BCUT2D eigenvalue weighted by molar-refractivity contribution is -0.122. The minimum absolute atomic E-state index is 0.210. The van der Waals surface area contributed by atoms with Crippen LogP contribution in [0.3, 0.4) is 0 Å². The maximum atomic E-state index is 12.6. The minimum atomic E-state index is -0.777. The predicted octanol–water partition coefficient (Wildman–Crippen LogP) is 2.28. The molecule has 1 amide bonds. The van der Waals surface area contributed by atoms with E-state index in [4.69, 9.17) is 4.74 Å². The standard InChI is InChI=1S/C22H23N3O4/c1-3-29-19-12-8-7-11-18(19)25-14-13-24(21(27)22(25)28)15-20(26)23-16(2)17-9-5-4-6-10-17/h4-14,16H,3,15H2,1-2H3,(H,23,26)/t16-/m0/s1. The number of benzene rings is 2. The minimum Gasteiger partial charge on any atom is -0.492 e. The van der Waals surface area contributed by atoms with Gasteiger partial charge in [-0.25, -0.2) is 0 Å². The Balaban J connectivity index is 1.81. The SMILES string of the molecule is CCOc1ccccc1-n1ccn(CC(=O)N[C@@H](C)c2ccccc2)c(=O)c1=O. The summed E-state index contributed by atoms with van der Waals surface area (Å²) in [6, 6.07) is 16.3. The molecule has 7 heteroatoms. The molecule has 1 heterocycles. The fraction of sp³-hybridized carbons (Fsp3) is 0.227. The zero-order chi connectivity index (χ0) is 20.8. The number of carbonyl (C=O) groups excluding carboxylic acids is 1. The molecule has 0 bridgehead atoms. The average molecular weight is 393 g/mol. The molecule has 29 heavy (non-hydrogen) atoms. The molecule has 0 aliphatic rings. The zero-order valence-electron chi connectivity index (χ0n) is 16.4. The van der Waals surface area contributed by atoms with E-state index in [0.717, 1.165) is 10.1 Å². The molecule has 0 aliphatic carbocycles. The Morgan fingerprint density at radius 1 is 1.00 bits per heavy atom. The Bertz CT molecular complexity index is 1100. The molecule has 2 aromatic carbocycles. The van der Waals surface area contributed by atoms with Crippen LogP contribution in [0, 0.1) is 0 Å². The summed E-state index contributed by atoms with van der Waals surface area (Å²) in [4.78, 5) is 37.5. The molecule has 0 unspecified atom stereocenters. The average Bonchev–Trinajstić information content (AvgIpc) is 2.73. The summed E-state index contributed by atoms with van der Waals surface area (Å²) in [5.41, 5.74) is -0.0910. The van der Waals surface area contributed by atoms with Crippen molar-refractivity contribution >= 4 is 5.91 Å². The topological polar surface area (TPSA) is 82.3 Å². The van der Waals surface area contributed by atoms with Gasteiger partial charge < -0.3 is 10.1 Å². The third kappa shape index (κ3) is 4.63. The summed E-state index contributed by atoms with van der Waals surface area (Å²) in [6.07, 6.45) is 2.90. The first-order valence-corrected chi connectivity index (χ1v) is 9.40. The Morgan fingerprint density at radius 3 is 2.41 bits per heavy atom. The number of carbonyl (C=O) groups is 1. The Morgan fingerprint density at radius 2 is 1.69 bits per heavy atom. The summed E-state index contributed by atoms with van der Waals surface area (Å²) in [5.74, 6) is 0.152. The van der Waals surface area contributed by atoms with Crippen molar-refractivity contribution in [1.29, 1.82) is 0 Å². The van der Waals surface area contributed by atoms with Crippen LogP contribution >= 0.6 is 0 Å². The van der Waals surface area contributed by atoms with Gasteiger partial charge in [0.05, 0.1) is 18.3 Å². The van der Waals surface area contributed by atoms with Crippen LogP contribution in [0.25, 0.3) is 5.69 Å². The van der Waals surface area contributed by atoms with E-state index in [1.165, 1.54) is 17.0 Å². The number of amides is 1. The number of ether oxygens (including phenoxy) is 1. The molecule has 0 aliphatic heterocycles. The summed E-state index contributed by atoms with van der Waals surface area (Å²) >= 11 is 0. The van der Waals surface area contributed by atoms with E-state index in [1.807, 2.05) is 44.2 Å². The highest BCUT2D eigenvalue weighted by Crippen LogP contribution is 2.20. The molecule has 1 aromatic heterocycles. The van der Waals surface area contributed by atoms with Crippen molar-refractivity contribution in [3.05, 3.63) is 93.3 Å². The van der Waals surface area contributed by atoms with Gasteiger partial charge in [-0.15, -0.1) is 0 Å². The van der Waals surface area contributed by atoms with Crippen LogP contribution in [-0.4, -0.2) is 21.6 Å². The van der Waals surface area contributed by atoms with Crippen LogP contribution < -0.4 is 21.2 Å². The van der Waals surface area contributed by atoms with Gasteiger partial charge in [0, 0.05) is 12.4 Å². The van der Waals surface area contributed by atoms with Crippen molar-refractivity contribution in [3.8, 4) is 11.4 Å².